The van der Waals surface area contributed by atoms with Gasteiger partial charge in [-0.2, -0.15) is 0 Å². The molecule has 0 saturated carbocycles. The van der Waals surface area contributed by atoms with Gasteiger partial charge in [0.25, 0.3) is 10.0 Å². The van der Waals surface area contributed by atoms with Crippen molar-refractivity contribution in [1.29, 1.82) is 0 Å². The molecule has 1 aromatic carbocycles. The van der Waals surface area contributed by atoms with Gasteiger partial charge in [0.2, 0.25) is 0 Å². The first-order chi connectivity index (χ1) is 12.5. The minimum absolute atomic E-state index is 0.0567. The second kappa shape index (κ2) is 7.80. The number of hydrogen-bond donors (Lipinski definition) is 1. The largest absolute Gasteiger partial charge is 0.313 e. The van der Waals surface area contributed by atoms with Crippen molar-refractivity contribution in [3.8, 4) is 11.3 Å². The molecule has 2 heterocycles. The number of pyridine rings is 1. The number of halogens is 1. The number of rotatable bonds is 7. The molecule has 0 radical (unpaired) electrons. The molecule has 7 heteroatoms. The highest BCUT2D eigenvalue weighted by Gasteiger charge is 2.23. The fourth-order valence-corrected chi connectivity index (χ4v) is 4.04. The Labute approximate surface area is 152 Å². The summed E-state index contributed by atoms with van der Waals surface area (Å²) in [6.45, 7) is 3.37. The van der Waals surface area contributed by atoms with Crippen LogP contribution in [0.2, 0.25) is 0 Å². The Morgan fingerprint density at radius 1 is 1.19 bits per heavy atom. The molecular weight excluding hydrogens is 353 g/mol. The zero-order valence-electron chi connectivity index (χ0n) is 14.4. The fourth-order valence-electron chi connectivity index (χ4n) is 2.68. The van der Waals surface area contributed by atoms with Crippen LogP contribution in [0.3, 0.4) is 0 Å². The molecule has 5 nitrogen and oxygen atoms in total. The summed E-state index contributed by atoms with van der Waals surface area (Å²) in [4.78, 5) is 3.94. The summed E-state index contributed by atoms with van der Waals surface area (Å²) in [6.07, 6.45) is 5.30. The number of aromatic nitrogens is 2. The van der Waals surface area contributed by atoms with Gasteiger partial charge in [-0.25, -0.2) is 16.8 Å². The molecule has 0 saturated heterocycles. The zero-order chi connectivity index (χ0) is 18.6. The van der Waals surface area contributed by atoms with Gasteiger partial charge in [-0.3, -0.25) is 4.98 Å². The normalized spacial score (nSPS) is 11.6. The molecule has 0 bridgehead atoms. The molecule has 0 unspecified atom stereocenters. The van der Waals surface area contributed by atoms with Gasteiger partial charge in [-0.05, 0) is 48.9 Å². The van der Waals surface area contributed by atoms with E-state index in [9.17, 15) is 12.8 Å². The van der Waals surface area contributed by atoms with E-state index in [1.54, 1.807) is 30.3 Å². The highest BCUT2D eigenvalue weighted by molar-refractivity contribution is 7.90. The lowest BCUT2D eigenvalue weighted by molar-refractivity contribution is 0.587. The maximum atomic E-state index is 14.3. The van der Waals surface area contributed by atoms with Gasteiger partial charge in [0.1, 0.15) is 10.7 Å². The highest BCUT2D eigenvalue weighted by Crippen LogP contribution is 2.28. The summed E-state index contributed by atoms with van der Waals surface area (Å²) in [7, 11) is -3.88. The Balaban J connectivity index is 2.12. The third-order valence-electron chi connectivity index (χ3n) is 3.94. The van der Waals surface area contributed by atoms with E-state index in [2.05, 4.69) is 17.2 Å². The van der Waals surface area contributed by atoms with Crippen LogP contribution in [0.1, 0.15) is 18.9 Å². The molecule has 26 heavy (non-hydrogen) atoms. The molecule has 0 amide bonds. The lowest BCUT2D eigenvalue weighted by Gasteiger charge is -2.10. The van der Waals surface area contributed by atoms with Gasteiger partial charge in [0.05, 0.1) is 5.69 Å². The molecule has 0 atom stereocenters. The molecule has 136 valence electrons. The fraction of sp³-hybridized carbons (Fsp3) is 0.211. The van der Waals surface area contributed by atoms with Crippen molar-refractivity contribution in [3.05, 3.63) is 72.4 Å². The molecule has 0 spiro atoms. The standard InChI is InChI=1S/C19H20FN3O2S/c1-2-9-21-12-15-11-19(17-7-3-4-8-18(17)20)23(14-15)26(24,25)16-6-5-10-22-13-16/h3-8,10-11,13-14,21H,2,9,12H2,1H3. The molecule has 0 fully saturated rings. The number of hydrogen-bond acceptors (Lipinski definition) is 4. The van der Waals surface area contributed by atoms with Gasteiger partial charge in [0, 0.05) is 30.7 Å². The minimum atomic E-state index is -3.88. The summed E-state index contributed by atoms with van der Waals surface area (Å²) in [5, 5.41) is 3.23. The first-order valence-electron chi connectivity index (χ1n) is 8.36. The molecule has 3 rings (SSSR count). The Morgan fingerprint density at radius 3 is 2.69 bits per heavy atom. The van der Waals surface area contributed by atoms with Crippen molar-refractivity contribution in [2.24, 2.45) is 0 Å². The lowest BCUT2D eigenvalue weighted by Crippen LogP contribution is -2.15. The first kappa shape index (κ1) is 18.3. The van der Waals surface area contributed by atoms with E-state index in [0.29, 0.717) is 12.2 Å². The molecule has 2 aromatic heterocycles. The van der Waals surface area contributed by atoms with Crippen molar-refractivity contribution in [1.82, 2.24) is 14.3 Å². The maximum absolute atomic E-state index is 14.3. The average molecular weight is 373 g/mol. The van der Waals surface area contributed by atoms with Gasteiger partial charge in [-0.1, -0.05) is 19.1 Å². The van der Waals surface area contributed by atoms with Gasteiger partial charge >= 0.3 is 0 Å². The van der Waals surface area contributed by atoms with E-state index in [1.165, 1.54) is 30.7 Å². The number of benzene rings is 1. The Bertz CT molecular complexity index is 985. The summed E-state index contributed by atoms with van der Waals surface area (Å²) >= 11 is 0. The van der Waals surface area contributed by atoms with Crippen LogP contribution >= 0.6 is 0 Å². The Hall–Kier alpha value is -2.51. The molecule has 0 aliphatic heterocycles. The molecule has 3 aromatic rings. The third-order valence-corrected chi connectivity index (χ3v) is 5.60. The van der Waals surface area contributed by atoms with Gasteiger partial charge < -0.3 is 5.32 Å². The van der Waals surface area contributed by atoms with E-state index in [4.69, 9.17) is 0 Å². The van der Waals surface area contributed by atoms with Crippen LogP contribution < -0.4 is 5.32 Å². The summed E-state index contributed by atoms with van der Waals surface area (Å²) in [5.74, 6) is -0.471. The van der Waals surface area contributed by atoms with Crippen molar-refractivity contribution >= 4 is 10.0 Å². The SMILES string of the molecule is CCCNCc1cc(-c2ccccc2F)n(S(=O)(=O)c2cccnc2)c1. The van der Waals surface area contributed by atoms with Gasteiger partial charge in [-0.15, -0.1) is 0 Å². The predicted octanol–water partition coefficient (Wildman–Crippen LogP) is 3.43. The molecule has 0 aliphatic carbocycles. The summed E-state index contributed by atoms with van der Waals surface area (Å²) in [6, 6.07) is 10.9. The zero-order valence-corrected chi connectivity index (χ0v) is 15.2. The Kier molecular flexibility index (Phi) is 5.49. The van der Waals surface area contributed by atoms with Crippen LogP contribution in [0.15, 0.2) is 66.0 Å². The Morgan fingerprint density at radius 2 is 2.00 bits per heavy atom. The molecule has 0 aliphatic rings. The minimum Gasteiger partial charge on any atom is -0.313 e. The van der Waals surface area contributed by atoms with Gasteiger partial charge in [0.15, 0.2) is 0 Å². The summed E-state index contributed by atoms with van der Waals surface area (Å²) < 4.78 is 41.6. The average Bonchev–Trinajstić information content (AvgIpc) is 3.08. The number of nitrogens with one attached hydrogen (secondary N) is 1. The van der Waals surface area contributed by atoms with Crippen LogP contribution in [0, 0.1) is 5.82 Å². The van der Waals surface area contributed by atoms with Crippen LogP contribution in [-0.4, -0.2) is 23.9 Å². The van der Waals surface area contributed by atoms with Crippen LogP contribution in [0.25, 0.3) is 11.3 Å². The van der Waals surface area contributed by atoms with E-state index >= 15 is 0 Å². The smallest absolute Gasteiger partial charge is 0.269 e. The second-order valence-corrected chi connectivity index (χ2v) is 7.69. The first-order valence-corrected chi connectivity index (χ1v) is 9.80. The topological polar surface area (TPSA) is 64.0 Å². The monoisotopic (exact) mass is 373 g/mol. The van der Waals surface area contributed by atoms with E-state index in [-0.39, 0.29) is 10.5 Å². The molecule has 1 N–H and O–H groups in total. The second-order valence-electron chi connectivity index (χ2n) is 5.88. The number of nitrogens with zero attached hydrogens (tertiary/aromatic N) is 2. The van der Waals surface area contributed by atoms with E-state index in [1.807, 2.05) is 0 Å². The summed E-state index contributed by atoms with van der Waals surface area (Å²) in [5.41, 5.74) is 1.30. The van der Waals surface area contributed by atoms with E-state index in [0.717, 1.165) is 22.5 Å². The van der Waals surface area contributed by atoms with Crippen LogP contribution in [0.5, 0.6) is 0 Å². The molecular formula is C19H20FN3O2S. The van der Waals surface area contributed by atoms with Crippen molar-refractivity contribution in [2.75, 3.05) is 6.54 Å². The maximum Gasteiger partial charge on any atom is 0.269 e. The van der Waals surface area contributed by atoms with Crippen molar-refractivity contribution in [3.63, 3.8) is 0 Å². The van der Waals surface area contributed by atoms with E-state index < -0.39 is 15.8 Å². The quantitative estimate of drug-likeness (QED) is 0.645. The third kappa shape index (κ3) is 3.68. The highest BCUT2D eigenvalue weighted by atomic mass is 32.2. The van der Waals surface area contributed by atoms with Crippen molar-refractivity contribution < 1.29 is 12.8 Å². The van der Waals surface area contributed by atoms with Crippen molar-refractivity contribution in [2.45, 2.75) is 24.8 Å². The van der Waals surface area contributed by atoms with Crippen LogP contribution in [0.4, 0.5) is 4.39 Å². The predicted molar refractivity (Wildman–Crippen MR) is 98.6 cm³/mol. The van der Waals surface area contributed by atoms with Crippen LogP contribution in [-0.2, 0) is 16.6 Å². The lowest BCUT2D eigenvalue weighted by atomic mass is 10.1.